The molecule has 1 unspecified atom stereocenters. The second-order valence-corrected chi connectivity index (χ2v) is 9.95. The summed E-state index contributed by atoms with van der Waals surface area (Å²) < 4.78 is 34.0. The number of likely N-dealkylation sites (tertiary alicyclic amines) is 2. The summed E-state index contributed by atoms with van der Waals surface area (Å²) >= 11 is 0. The predicted molar refractivity (Wildman–Crippen MR) is 123 cm³/mol. The highest BCUT2D eigenvalue weighted by Gasteiger charge is 2.54. The minimum absolute atomic E-state index is 0.000910. The number of carbonyl (C=O) groups is 2. The van der Waals surface area contributed by atoms with Gasteiger partial charge in [-0.2, -0.15) is 0 Å². The Bertz CT molecular complexity index is 1100. The smallest absolute Gasteiger partial charge is 0.415 e. The van der Waals surface area contributed by atoms with Gasteiger partial charge in [0.05, 0.1) is 24.2 Å². The van der Waals surface area contributed by atoms with E-state index in [-0.39, 0.29) is 24.8 Å². The highest BCUT2D eigenvalue weighted by atomic mass is 19.1. The number of rotatable bonds is 4. The first-order valence-electron chi connectivity index (χ1n) is 11.8. The van der Waals surface area contributed by atoms with Crippen LogP contribution in [0.15, 0.2) is 48.5 Å². The van der Waals surface area contributed by atoms with Gasteiger partial charge in [0.25, 0.3) is 0 Å². The maximum Gasteiger partial charge on any atom is 0.415 e. The zero-order valence-corrected chi connectivity index (χ0v) is 19.3. The summed E-state index contributed by atoms with van der Waals surface area (Å²) in [7, 11) is 2.03. The van der Waals surface area contributed by atoms with Crippen molar-refractivity contribution in [2.75, 3.05) is 44.7 Å². The molecule has 2 aromatic rings. The van der Waals surface area contributed by atoms with Crippen LogP contribution < -0.4 is 4.90 Å². The van der Waals surface area contributed by atoms with Crippen molar-refractivity contribution < 1.29 is 23.1 Å². The van der Waals surface area contributed by atoms with Gasteiger partial charge in [0.1, 0.15) is 11.6 Å². The second kappa shape index (κ2) is 8.65. The van der Waals surface area contributed by atoms with Crippen molar-refractivity contribution in [1.82, 2.24) is 9.80 Å². The minimum Gasteiger partial charge on any atom is -0.439 e. The summed E-state index contributed by atoms with van der Waals surface area (Å²) in [5.74, 6) is -0.713. The number of piperidine rings is 1. The summed E-state index contributed by atoms with van der Waals surface area (Å²) in [5.41, 5.74) is -0.508. The molecule has 1 atom stereocenters. The van der Waals surface area contributed by atoms with Crippen LogP contribution in [0.1, 0.15) is 24.8 Å². The van der Waals surface area contributed by atoms with E-state index in [0.717, 1.165) is 13.1 Å². The lowest BCUT2D eigenvalue weighted by Crippen LogP contribution is -2.51. The predicted octanol–water partition coefficient (Wildman–Crippen LogP) is 3.85. The van der Waals surface area contributed by atoms with Crippen molar-refractivity contribution in [3.63, 3.8) is 0 Å². The molecule has 3 fully saturated rings. The summed E-state index contributed by atoms with van der Waals surface area (Å²) in [6.07, 6.45) is 1.64. The number of ether oxygens (including phenoxy) is 1. The molecule has 1 spiro atoms. The molecule has 3 aliphatic heterocycles. The Balaban J connectivity index is 1.35. The maximum absolute atomic E-state index is 14.5. The molecule has 0 bridgehead atoms. The summed E-state index contributed by atoms with van der Waals surface area (Å²) in [4.78, 5) is 32.0. The molecular weight excluding hydrogens is 440 g/mol. The number of benzene rings is 2. The fourth-order valence-corrected chi connectivity index (χ4v) is 5.55. The summed E-state index contributed by atoms with van der Waals surface area (Å²) in [6, 6.07) is 12.5. The molecule has 6 nitrogen and oxygen atoms in total. The van der Waals surface area contributed by atoms with E-state index in [0.29, 0.717) is 43.5 Å². The third-order valence-corrected chi connectivity index (χ3v) is 7.58. The van der Waals surface area contributed by atoms with E-state index in [2.05, 4.69) is 4.90 Å². The van der Waals surface area contributed by atoms with Crippen LogP contribution in [0.4, 0.5) is 19.3 Å². The molecular formula is C26H29F2N3O3. The highest BCUT2D eigenvalue weighted by molar-refractivity contribution is 5.91. The number of hydrogen-bond donors (Lipinski definition) is 0. The number of halogens is 2. The molecule has 0 N–H and O–H groups in total. The van der Waals surface area contributed by atoms with Crippen LogP contribution in [0.25, 0.3) is 0 Å². The number of hydrogen-bond acceptors (Lipinski definition) is 4. The molecule has 0 radical (unpaired) electrons. The molecule has 8 heteroatoms. The van der Waals surface area contributed by atoms with Gasteiger partial charge in [-0.15, -0.1) is 0 Å². The third kappa shape index (κ3) is 4.15. The average Bonchev–Trinajstić information content (AvgIpc) is 3.38. The summed E-state index contributed by atoms with van der Waals surface area (Å²) in [5, 5.41) is 0. The van der Waals surface area contributed by atoms with E-state index in [1.165, 1.54) is 23.1 Å². The monoisotopic (exact) mass is 469 g/mol. The number of amides is 2. The van der Waals surface area contributed by atoms with Crippen molar-refractivity contribution in [1.29, 1.82) is 0 Å². The lowest BCUT2D eigenvalue weighted by atomic mass is 9.72. The molecule has 0 aliphatic carbocycles. The average molecular weight is 470 g/mol. The zero-order chi connectivity index (χ0) is 23.9. The van der Waals surface area contributed by atoms with Gasteiger partial charge in [0.2, 0.25) is 5.91 Å². The van der Waals surface area contributed by atoms with Crippen molar-refractivity contribution in [2.45, 2.75) is 31.3 Å². The lowest BCUT2D eigenvalue weighted by molar-refractivity contribution is -0.144. The molecule has 3 heterocycles. The Morgan fingerprint density at radius 1 is 1.00 bits per heavy atom. The van der Waals surface area contributed by atoms with Crippen LogP contribution in [0, 0.1) is 17.0 Å². The molecule has 5 rings (SSSR count). The van der Waals surface area contributed by atoms with E-state index in [4.69, 9.17) is 4.74 Å². The first-order chi connectivity index (χ1) is 16.3. The van der Waals surface area contributed by atoms with Crippen LogP contribution in [0.5, 0.6) is 0 Å². The standard InChI is InChI=1S/C26H29F2N3O3/c1-29-12-9-25(10-13-29,16-19-5-2-3-8-22(19)28)23(32)30-14-11-26(17-30)18-31(24(33)34-26)21-7-4-6-20(27)15-21/h2-8,15H,9-14,16-18H2,1H3. The van der Waals surface area contributed by atoms with Gasteiger partial charge in [0.15, 0.2) is 5.60 Å². The lowest BCUT2D eigenvalue weighted by Gasteiger charge is -2.42. The second-order valence-electron chi connectivity index (χ2n) is 9.95. The molecule has 0 saturated carbocycles. The van der Waals surface area contributed by atoms with Gasteiger partial charge in [-0.05, 0) is 69.2 Å². The molecule has 2 aromatic carbocycles. The van der Waals surface area contributed by atoms with Crippen molar-refractivity contribution in [3.8, 4) is 0 Å². The molecule has 180 valence electrons. The maximum atomic E-state index is 14.5. The molecule has 0 aromatic heterocycles. The largest absolute Gasteiger partial charge is 0.439 e. The van der Waals surface area contributed by atoms with E-state index in [1.807, 2.05) is 7.05 Å². The van der Waals surface area contributed by atoms with Gasteiger partial charge in [-0.1, -0.05) is 24.3 Å². The Morgan fingerprint density at radius 3 is 2.50 bits per heavy atom. The topological polar surface area (TPSA) is 53.1 Å². The van der Waals surface area contributed by atoms with Gasteiger partial charge in [-0.3, -0.25) is 9.69 Å². The van der Waals surface area contributed by atoms with Gasteiger partial charge >= 0.3 is 6.09 Å². The number of anilines is 1. The van der Waals surface area contributed by atoms with E-state index in [1.54, 1.807) is 35.2 Å². The van der Waals surface area contributed by atoms with Gasteiger partial charge < -0.3 is 14.5 Å². The Labute approximate surface area is 198 Å². The minimum atomic E-state index is -0.816. The van der Waals surface area contributed by atoms with Crippen LogP contribution in [-0.4, -0.2) is 67.2 Å². The van der Waals surface area contributed by atoms with Crippen LogP contribution in [0.3, 0.4) is 0 Å². The Morgan fingerprint density at radius 2 is 1.76 bits per heavy atom. The third-order valence-electron chi connectivity index (χ3n) is 7.58. The fourth-order valence-electron chi connectivity index (χ4n) is 5.55. The van der Waals surface area contributed by atoms with Gasteiger partial charge in [-0.25, -0.2) is 13.6 Å². The molecule has 3 aliphatic rings. The molecule has 34 heavy (non-hydrogen) atoms. The van der Waals surface area contributed by atoms with Crippen LogP contribution >= 0.6 is 0 Å². The SMILES string of the molecule is CN1CCC(Cc2ccccc2F)(C(=O)N2CCC3(C2)CN(c2cccc(F)c2)C(=O)O3)CC1. The van der Waals surface area contributed by atoms with Crippen LogP contribution in [0.2, 0.25) is 0 Å². The normalized spacial score (nSPS) is 24.6. The van der Waals surface area contributed by atoms with E-state index in [9.17, 15) is 18.4 Å². The van der Waals surface area contributed by atoms with Crippen molar-refractivity contribution in [3.05, 3.63) is 65.7 Å². The van der Waals surface area contributed by atoms with Crippen molar-refractivity contribution in [2.24, 2.45) is 5.41 Å². The number of nitrogens with zero attached hydrogens (tertiary/aromatic N) is 3. The van der Waals surface area contributed by atoms with Crippen molar-refractivity contribution >= 4 is 17.7 Å². The highest BCUT2D eigenvalue weighted by Crippen LogP contribution is 2.41. The molecule has 3 saturated heterocycles. The zero-order valence-electron chi connectivity index (χ0n) is 19.3. The number of carbonyl (C=O) groups excluding carboxylic acids is 2. The Hall–Kier alpha value is -3.00. The van der Waals surface area contributed by atoms with Gasteiger partial charge in [0, 0.05) is 13.0 Å². The van der Waals surface area contributed by atoms with E-state index < -0.39 is 22.9 Å². The molecule has 2 amide bonds. The van der Waals surface area contributed by atoms with E-state index >= 15 is 0 Å². The first kappa shape index (κ1) is 22.8. The van der Waals surface area contributed by atoms with Crippen LogP contribution in [-0.2, 0) is 16.0 Å². The fraction of sp³-hybridized carbons (Fsp3) is 0.462. The Kier molecular flexibility index (Phi) is 5.80. The summed E-state index contributed by atoms with van der Waals surface area (Å²) in [6.45, 7) is 2.56. The quantitative estimate of drug-likeness (QED) is 0.683. The first-order valence-corrected chi connectivity index (χ1v) is 11.8.